The molecule has 1 aromatic rings. The zero-order valence-corrected chi connectivity index (χ0v) is 7.62. The molecule has 6 heteroatoms. The van der Waals surface area contributed by atoms with Crippen LogP contribution in [0.15, 0.2) is 17.3 Å². The van der Waals surface area contributed by atoms with Crippen LogP contribution in [0.4, 0.5) is 0 Å². The Morgan fingerprint density at radius 3 is 2.85 bits per heavy atom. The Labute approximate surface area is 79.6 Å². The van der Waals surface area contributed by atoms with Crippen molar-refractivity contribution in [1.29, 1.82) is 0 Å². The second-order valence-electron chi connectivity index (χ2n) is 2.46. The molecule has 0 aromatic carbocycles. The van der Waals surface area contributed by atoms with Gasteiger partial charge in [0.2, 0.25) is 0 Å². The number of rotatable bonds is 1. The standard InChI is InChI=1S/C7H8ClN3O2/c1-4-2-3-5(7(9)10-12)6(8)11(4)13/h2-3,12H,1H3,(H2,9,10). The summed E-state index contributed by atoms with van der Waals surface area (Å²) in [6.07, 6.45) is 0. The Morgan fingerprint density at radius 1 is 1.69 bits per heavy atom. The molecular weight excluding hydrogens is 194 g/mol. The van der Waals surface area contributed by atoms with E-state index in [9.17, 15) is 5.21 Å². The van der Waals surface area contributed by atoms with Gasteiger partial charge in [0.1, 0.15) is 5.56 Å². The topological polar surface area (TPSA) is 85.5 Å². The number of hydrogen-bond donors (Lipinski definition) is 2. The summed E-state index contributed by atoms with van der Waals surface area (Å²) in [6, 6.07) is 3.05. The number of nitrogens with two attached hydrogens (primary N) is 1. The number of aryl methyl sites for hydroxylation is 1. The van der Waals surface area contributed by atoms with Crippen molar-refractivity contribution in [3.8, 4) is 0 Å². The molecule has 0 aliphatic heterocycles. The smallest absolute Gasteiger partial charge is 0.297 e. The van der Waals surface area contributed by atoms with Gasteiger partial charge >= 0.3 is 0 Å². The summed E-state index contributed by atoms with van der Waals surface area (Å²) in [7, 11) is 0. The quantitative estimate of drug-likeness (QED) is 0.131. The van der Waals surface area contributed by atoms with Crippen LogP contribution in [0.2, 0.25) is 5.15 Å². The first-order valence-electron chi connectivity index (χ1n) is 3.44. The van der Waals surface area contributed by atoms with Crippen molar-refractivity contribution in [3.05, 3.63) is 33.8 Å². The fourth-order valence-electron chi connectivity index (χ4n) is 0.850. The fraction of sp³-hybridized carbons (Fsp3) is 0.143. The molecule has 13 heavy (non-hydrogen) atoms. The molecule has 0 amide bonds. The average molecular weight is 202 g/mol. The molecule has 0 saturated heterocycles. The molecule has 5 nitrogen and oxygen atoms in total. The number of amidine groups is 1. The first-order chi connectivity index (χ1) is 6.07. The van der Waals surface area contributed by atoms with Crippen molar-refractivity contribution >= 4 is 17.4 Å². The molecule has 70 valence electrons. The molecule has 0 aliphatic carbocycles. The highest BCUT2D eigenvalue weighted by atomic mass is 35.5. The minimum Gasteiger partial charge on any atom is -0.617 e. The van der Waals surface area contributed by atoms with E-state index in [0.29, 0.717) is 10.4 Å². The molecule has 0 aliphatic rings. The van der Waals surface area contributed by atoms with Gasteiger partial charge in [0.15, 0.2) is 11.5 Å². The lowest BCUT2D eigenvalue weighted by atomic mass is 10.2. The number of nitrogens with zero attached hydrogens (tertiary/aromatic N) is 2. The molecule has 0 radical (unpaired) electrons. The highest BCUT2D eigenvalue weighted by molar-refractivity contribution is 6.31. The van der Waals surface area contributed by atoms with E-state index in [1.165, 1.54) is 12.1 Å². The van der Waals surface area contributed by atoms with Crippen molar-refractivity contribution in [2.75, 3.05) is 0 Å². The first kappa shape index (κ1) is 9.60. The molecule has 0 bridgehead atoms. The van der Waals surface area contributed by atoms with Gasteiger partial charge in [-0.3, -0.25) is 0 Å². The van der Waals surface area contributed by atoms with Crippen LogP contribution in [0.25, 0.3) is 0 Å². The van der Waals surface area contributed by atoms with Gasteiger partial charge in [0.25, 0.3) is 5.15 Å². The van der Waals surface area contributed by atoms with Crippen LogP contribution in [0, 0.1) is 12.1 Å². The van der Waals surface area contributed by atoms with Gasteiger partial charge in [-0.1, -0.05) is 5.16 Å². The summed E-state index contributed by atoms with van der Waals surface area (Å²) in [4.78, 5) is 0. The maximum absolute atomic E-state index is 11.2. The van der Waals surface area contributed by atoms with Gasteiger partial charge in [-0.15, -0.1) is 0 Å². The third-order valence-corrected chi connectivity index (χ3v) is 1.95. The summed E-state index contributed by atoms with van der Waals surface area (Å²) in [6.45, 7) is 1.61. The van der Waals surface area contributed by atoms with Crippen LogP contribution in [0.5, 0.6) is 0 Å². The summed E-state index contributed by atoms with van der Waals surface area (Å²) < 4.78 is 0.509. The van der Waals surface area contributed by atoms with Crippen molar-refractivity contribution in [2.24, 2.45) is 10.9 Å². The van der Waals surface area contributed by atoms with Gasteiger partial charge in [0, 0.05) is 13.0 Å². The Balaban J connectivity index is 3.34. The molecule has 1 aromatic heterocycles. The zero-order valence-electron chi connectivity index (χ0n) is 6.86. The highest BCUT2D eigenvalue weighted by Gasteiger charge is 2.15. The molecule has 0 atom stereocenters. The summed E-state index contributed by atoms with van der Waals surface area (Å²) in [5.41, 5.74) is 5.93. The molecular formula is C7H8ClN3O2. The zero-order chi connectivity index (χ0) is 10.0. The second kappa shape index (κ2) is 3.49. The van der Waals surface area contributed by atoms with Crippen molar-refractivity contribution < 1.29 is 9.94 Å². The van der Waals surface area contributed by atoms with E-state index in [4.69, 9.17) is 22.5 Å². The summed E-state index contributed by atoms with van der Waals surface area (Å²) in [5, 5.41) is 22.2. The van der Waals surface area contributed by atoms with E-state index < -0.39 is 0 Å². The molecule has 3 N–H and O–H groups in total. The predicted octanol–water partition coefficient (Wildman–Crippen LogP) is 0.376. The Kier molecular flexibility index (Phi) is 2.57. The number of pyridine rings is 1. The lowest BCUT2D eigenvalue weighted by Crippen LogP contribution is -2.34. The monoisotopic (exact) mass is 201 g/mol. The molecule has 1 heterocycles. The SMILES string of the molecule is Cc1ccc(/C(N)=N/O)c(Cl)[n+]1[O-]. The van der Waals surface area contributed by atoms with E-state index in [1.807, 2.05) is 0 Å². The Bertz CT molecular complexity index is 365. The van der Waals surface area contributed by atoms with Crippen LogP contribution in [-0.4, -0.2) is 11.0 Å². The molecule has 0 fully saturated rings. The molecule has 0 spiro atoms. The Hall–Kier alpha value is -1.49. The van der Waals surface area contributed by atoms with E-state index in [1.54, 1.807) is 6.92 Å². The lowest BCUT2D eigenvalue weighted by Gasteiger charge is -2.05. The largest absolute Gasteiger partial charge is 0.617 e. The van der Waals surface area contributed by atoms with E-state index in [2.05, 4.69) is 5.16 Å². The first-order valence-corrected chi connectivity index (χ1v) is 3.82. The summed E-state index contributed by atoms with van der Waals surface area (Å²) >= 11 is 5.65. The minimum atomic E-state index is -0.186. The molecule has 0 unspecified atom stereocenters. The van der Waals surface area contributed by atoms with Crippen LogP contribution in [0.3, 0.4) is 0 Å². The van der Waals surface area contributed by atoms with Crippen LogP contribution >= 0.6 is 11.6 Å². The maximum atomic E-state index is 11.2. The maximum Gasteiger partial charge on any atom is 0.297 e. The molecule has 0 saturated carbocycles. The number of halogens is 1. The second-order valence-corrected chi connectivity index (χ2v) is 2.82. The Morgan fingerprint density at radius 2 is 2.31 bits per heavy atom. The van der Waals surface area contributed by atoms with Crippen LogP contribution in [0.1, 0.15) is 11.3 Å². The highest BCUT2D eigenvalue weighted by Crippen LogP contribution is 2.10. The fourth-order valence-corrected chi connectivity index (χ4v) is 1.14. The van der Waals surface area contributed by atoms with E-state index in [-0.39, 0.29) is 16.6 Å². The van der Waals surface area contributed by atoms with Crippen molar-refractivity contribution in [1.82, 2.24) is 0 Å². The summed E-state index contributed by atoms with van der Waals surface area (Å²) in [5.74, 6) is -0.186. The van der Waals surface area contributed by atoms with Crippen LogP contribution < -0.4 is 10.5 Å². The third-order valence-electron chi connectivity index (χ3n) is 1.60. The van der Waals surface area contributed by atoms with Gasteiger partial charge in [0.05, 0.1) is 0 Å². The number of aromatic nitrogens is 1. The van der Waals surface area contributed by atoms with E-state index >= 15 is 0 Å². The van der Waals surface area contributed by atoms with Crippen molar-refractivity contribution in [3.63, 3.8) is 0 Å². The van der Waals surface area contributed by atoms with Crippen molar-refractivity contribution in [2.45, 2.75) is 6.92 Å². The van der Waals surface area contributed by atoms with E-state index in [0.717, 1.165) is 0 Å². The van der Waals surface area contributed by atoms with Gasteiger partial charge in [-0.25, -0.2) is 0 Å². The van der Waals surface area contributed by atoms with Gasteiger partial charge in [-0.05, 0) is 17.7 Å². The van der Waals surface area contributed by atoms with Crippen LogP contribution in [-0.2, 0) is 0 Å². The molecule has 1 rings (SSSR count). The average Bonchev–Trinajstić information content (AvgIpc) is 2.13. The number of oxime groups is 1. The number of hydrogen-bond acceptors (Lipinski definition) is 3. The van der Waals surface area contributed by atoms with Gasteiger partial charge in [-0.2, -0.15) is 4.73 Å². The normalized spacial score (nSPS) is 11.7. The minimum absolute atomic E-state index is 0.102. The predicted molar refractivity (Wildman–Crippen MR) is 47.7 cm³/mol. The van der Waals surface area contributed by atoms with Gasteiger partial charge < -0.3 is 16.1 Å². The lowest BCUT2D eigenvalue weighted by molar-refractivity contribution is -0.610. The third kappa shape index (κ3) is 1.65.